The second kappa shape index (κ2) is 9.78. The molecular weight excluding hydrogens is 245 g/mol. The normalized spacial score (nSPS) is 14.1. The number of nitrogens with two attached hydrogens (primary N) is 1. The van der Waals surface area contributed by atoms with Crippen LogP contribution in [-0.2, 0) is 14.3 Å². The van der Waals surface area contributed by atoms with E-state index in [4.69, 9.17) is 20.7 Å². The van der Waals surface area contributed by atoms with Crippen molar-refractivity contribution in [2.24, 2.45) is 5.73 Å². The van der Waals surface area contributed by atoms with Crippen LogP contribution < -0.4 is 5.73 Å². The zero-order valence-corrected chi connectivity index (χ0v) is 10.2. The van der Waals surface area contributed by atoms with E-state index in [-0.39, 0.29) is 19.7 Å². The molecule has 0 spiro atoms. The zero-order valence-electron chi connectivity index (χ0n) is 10.2. The second-order valence-corrected chi connectivity index (χ2v) is 3.98. The molecule has 4 N–H and O–H groups in total. The molecule has 0 rings (SSSR count). The van der Waals surface area contributed by atoms with E-state index in [0.29, 0.717) is 12.8 Å². The van der Waals surface area contributed by atoms with E-state index in [1.165, 1.54) is 0 Å². The third-order valence-electron chi connectivity index (χ3n) is 2.41. The van der Waals surface area contributed by atoms with E-state index in [1.54, 1.807) is 0 Å². The van der Waals surface area contributed by atoms with Crippen LogP contribution in [0.5, 0.6) is 0 Å². The molecule has 0 aromatic heterocycles. The van der Waals surface area contributed by atoms with Gasteiger partial charge in [0.15, 0.2) is 6.10 Å². The number of unbranched alkanes of at least 4 members (excludes halogenated alkanes) is 3. The number of alkyl halides is 1. The van der Waals surface area contributed by atoms with Crippen molar-refractivity contribution in [2.75, 3.05) is 13.3 Å². The number of carboxylic acids is 2. The van der Waals surface area contributed by atoms with Gasteiger partial charge in [0.05, 0.1) is 6.67 Å². The topological polar surface area (TPSA) is 110 Å². The Bertz CT molecular complexity index is 262. The lowest BCUT2D eigenvalue weighted by Gasteiger charge is -2.15. The Morgan fingerprint density at radius 3 is 2.22 bits per heavy atom. The Morgan fingerprint density at radius 1 is 1.11 bits per heavy atom. The predicted octanol–water partition coefficient (Wildman–Crippen LogP) is 0.788. The van der Waals surface area contributed by atoms with Crippen molar-refractivity contribution in [3.63, 3.8) is 0 Å². The molecule has 0 amide bonds. The minimum atomic E-state index is -1.26. The first-order valence-electron chi connectivity index (χ1n) is 5.87. The third-order valence-corrected chi connectivity index (χ3v) is 2.41. The van der Waals surface area contributed by atoms with Crippen LogP contribution in [0.3, 0.4) is 0 Å². The van der Waals surface area contributed by atoms with Gasteiger partial charge >= 0.3 is 11.9 Å². The van der Waals surface area contributed by atoms with Crippen molar-refractivity contribution in [3.8, 4) is 0 Å². The number of aliphatic carboxylic acids is 2. The maximum absolute atomic E-state index is 11.8. The minimum Gasteiger partial charge on any atom is -0.480 e. The molecule has 0 aliphatic heterocycles. The van der Waals surface area contributed by atoms with Gasteiger partial charge in [-0.3, -0.25) is 9.18 Å². The summed E-state index contributed by atoms with van der Waals surface area (Å²) in [7, 11) is 0. The van der Waals surface area contributed by atoms with Gasteiger partial charge < -0.3 is 20.7 Å². The summed E-state index contributed by atoms with van der Waals surface area (Å²) in [6.45, 7) is -0.151. The maximum Gasteiger partial charge on any atom is 0.332 e. The predicted molar refractivity (Wildman–Crippen MR) is 62.0 cm³/mol. The Hall–Kier alpha value is -1.21. The highest BCUT2D eigenvalue weighted by atomic mass is 19.1. The highest BCUT2D eigenvalue weighted by Crippen LogP contribution is 2.06. The summed E-state index contributed by atoms with van der Waals surface area (Å²) in [4.78, 5) is 21.3. The minimum absolute atomic E-state index is 0.204. The van der Waals surface area contributed by atoms with Gasteiger partial charge in [0.2, 0.25) is 0 Å². The summed E-state index contributed by atoms with van der Waals surface area (Å²) in [5.41, 5.74) is 5.24. The highest BCUT2D eigenvalue weighted by molar-refractivity contribution is 5.76. The molecule has 0 saturated carbocycles. The Labute approximate surface area is 105 Å². The quantitative estimate of drug-likeness (QED) is 0.476. The second-order valence-electron chi connectivity index (χ2n) is 3.98. The van der Waals surface area contributed by atoms with Gasteiger partial charge in [0, 0.05) is 13.0 Å². The van der Waals surface area contributed by atoms with Crippen molar-refractivity contribution < 1.29 is 28.9 Å². The standard InChI is InChI=1S/C11H20FNO5/c12-5-3-1-2-4-6-18-9(11(16)17)7-8(13)10(14)15/h8-9H,1-7,13H2,(H,14,15)(H,16,17). The van der Waals surface area contributed by atoms with Crippen LogP contribution >= 0.6 is 0 Å². The van der Waals surface area contributed by atoms with Crippen LogP contribution in [0.25, 0.3) is 0 Å². The van der Waals surface area contributed by atoms with E-state index >= 15 is 0 Å². The Morgan fingerprint density at radius 2 is 1.72 bits per heavy atom. The van der Waals surface area contributed by atoms with Gasteiger partial charge in [0.25, 0.3) is 0 Å². The molecule has 0 radical (unpaired) electrons. The van der Waals surface area contributed by atoms with Crippen molar-refractivity contribution in [2.45, 2.75) is 44.2 Å². The van der Waals surface area contributed by atoms with Crippen molar-refractivity contribution >= 4 is 11.9 Å². The first-order valence-corrected chi connectivity index (χ1v) is 5.87. The highest BCUT2D eigenvalue weighted by Gasteiger charge is 2.24. The number of carbonyl (C=O) groups is 2. The Balaban J connectivity index is 3.84. The number of hydrogen-bond acceptors (Lipinski definition) is 4. The molecule has 0 saturated heterocycles. The molecular formula is C11H20FNO5. The number of rotatable bonds is 11. The summed E-state index contributed by atoms with van der Waals surface area (Å²) in [6.07, 6.45) is 1.11. The lowest BCUT2D eigenvalue weighted by molar-refractivity contribution is -0.152. The smallest absolute Gasteiger partial charge is 0.332 e. The van der Waals surface area contributed by atoms with Crippen LogP contribution in [0.2, 0.25) is 0 Å². The molecule has 0 heterocycles. The number of hydrogen-bond donors (Lipinski definition) is 3. The molecule has 7 heteroatoms. The molecule has 2 unspecified atom stereocenters. The van der Waals surface area contributed by atoms with E-state index < -0.39 is 24.1 Å². The lowest BCUT2D eigenvalue weighted by atomic mass is 10.1. The van der Waals surface area contributed by atoms with Crippen molar-refractivity contribution in [1.29, 1.82) is 0 Å². The van der Waals surface area contributed by atoms with E-state index in [0.717, 1.165) is 12.8 Å². The fraction of sp³-hybridized carbons (Fsp3) is 0.818. The van der Waals surface area contributed by atoms with Gasteiger partial charge in [0.1, 0.15) is 6.04 Å². The summed E-state index contributed by atoms with van der Waals surface area (Å²) < 4.78 is 16.8. The van der Waals surface area contributed by atoms with Crippen LogP contribution in [0, 0.1) is 0 Å². The van der Waals surface area contributed by atoms with Gasteiger partial charge in [-0.1, -0.05) is 12.8 Å². The van der Waals surface area contributed by atoms with E-state index in [9.17, 15) is 14.0 Å². The number of carboxylic acid groups (broad SMARTS) is 2. The molecule has 0 aliphatic carbocycles. The first-order chi connectivity index (χ1) is 8.49. The molecule has 2 atom stereocenters. The number of halogens is 1. The molecule has 6 nitrogen and oxygen atoms in total. The molecule has 0 fully saturated rings. The molecule has 0 bridgehead atoms. The molecule has 0 aliphatic rings. The fourth-order valence-corrected chi connectivity index (χ4v) is 1.35. The summed E-state index contributed by atoms with van der Waals surface area (Å²) in [6, 6.07) is -1.25. The van der Waals surface area contributed by atoms with Crippen LogP contribution in [0.4, 0.5) is 4.39 Å². The van der Waals surface area contributed by atoms with Gasteiger partial charge in [-0.15, -0.1) is 0 Å². The lowest BCUT2D eigenvalue weighted by Crippen LogP contribution is -2.38. The first kappa shape index (κ1) is 16.8. The summed E-state index contributed by atoms with van der Waals surface area (Å²) >= 11 is 0. The number of ether oxygens (including phenoxy) is 1. The third kappa shape index (κ3) is 7.97. The van der Waals surface area contributed by atoms with Crippen LogP contribution in [0.1, 0.15) is 32.1 Å². The van der Waals surface area contributed by atoms with Gasteiger partial charge in [-0.25, -0.2) is 4.79 Å². The van der Waals surface area contributed by atoms with Gasteiger partial charge in [-0.2, -0.15) is 0 Å². The van der Waals surface area contributed by atoms with E-state index in [1.807, 2.05) is 0 Å². The summed E-state index contributed by atoms with van der Waals surface area (Å²) in [5.74, 6) is -2.48. The SMILES string of the molecule is NC(CC(OCCCCCCF)C(=O)O)C(=O)O. The van der Waals surface area contributed by atoms with Crippen molar-refractivity contribution in [1.82, 2.24) is 0 Å². The summed E-state index contributed by atoms with van der Waals surface area (Å²) in [5, 5.41) is 17.4. The average Bonchev–Trinajstić information content (AvgIpc) is 2.31. The average molecular weight is 265 g/mol. The molecule has 18 heavy (non-hydrogen) atoms. The van der Waals surface area contributed by atoms with E-state index in [2.05, 4.69) is 0 Å². The van der Waals surface area contributed by atoms with Crippen molar-refractivity contribution in [3.05, 3.63) is 0 Å². The largest absolute Gasteiger partial charge is 0.480 e. The zero-order chi connectivity index (χ0) is 14.0. The Kier molecular flexibility index (Phi) is 9.13. The van der Waals surface area contributed by atoms with Crippen LogP contribution in [-0.4, -0.2) is 47.6 Å². The monoisotopic (exact) mass is 265 g/mol. The van der Waals surface area contributed by atoms with Gasteiger partial charge in [-0.05, 0) is 12.8 Å². The fourth-order valence-electron chi connectivity index (χ4n) is 1.35. The molecule has 0 aromatic carbocycles. The molecule has 0 aromatic rings. The maximum atomic E-state index is 11.8. The van der Waals surface area contributed by atoms with Crippen LogP contribution in [0.15, 0.2) is 0 Å². The molecule has 106 valence electrons.